The van der Waals surface area contributed by atoms with Gasteiger partial charge in [0.2, 0.25) is 11.8 Å². The number of methoxy groups -OCH3 is 1. The number of hydrogen-bond donors (Lipinski definition) is 1. The van der Waals surface area contributed by atoms with E-state index in [0.29, 0.717) is 43.1 Å². The van der Waals surface area contributed by atoms with Crippen LogP contribution in [0.1, 0.15) is 78.7 Å². The molecule has 3 fully saturated rings. The van der Waals surface area contributed by atoms with E-state index in [4.69, 9.17) is 14.2 Å². The number of fused-ring (bicyclic) bond motifs is 1. The van der Waals surface area contributed by atoms with Gasteiger partial charge in [-0.15, -0.1) is 0 Å². The van der Waals surface area contributed by atoms with Crippen molar-refractivity contribution in [1.82, 2.24) is 10.2 Å². The number of hydrogen-bond acceptors (Lipinski definition) is 7. The lowest BCUT2D eigenvalue weighted by Gasteiger charge is -2.40. The normalized spacial score (nSPS) is 22.4. The molecule has 2 aromatic carbocycles. The largest absolute Gasteiger partial charge is 0.476 e. The molecule has 11 nitrogen and oxygen atoms in total. The summed E-state index contributed by atoms with van der Waals surface area (Å²) in [6.45, 7) is 10.2. The predicted octanol–water partition coefficient (Wildman–Crippen LogP) is 5.40. The first-order valence-electron chi connectivity index (χ1n) is 17.5. The molecule has 2 saturated carbocycles. The Morgan fingerprint density at radius 3 is 2.35 bits per heavy atom. The number of carbonyl (C=O) groups is 4. The maximum absolute atomic E-state index is 14.6. The summed E-state index contributed by atoms with van der Waals surface area (Å²) in [7, 11) is 1.63. The lowest BCUT2D eigenvalue weighted by Crippen LogP contribution is -2.54. The summed E-state index contributed by atoms with van der Waals surface area (Å²) in [6, 6.07) is 15.5. The fourth-order valence-corrected chi connectivity index (χ4v) is 6.99. The summed E-state index contributed by atoms with van der Waals surface area (Å²) < 4.78 is 17.1. The Morgan fingerprint density at radius 1 is 1.02 bits per heavy atom. The molecule has 4 amide bonds. The molecule has 2 aliphatic heterocycles. The maximum Gasteiger partial charge on any atom is 0.410 e. The van der Waals surface area contributed by atoms with Crippen molar-refractivity contribution in [2.24, 2.45) is 11.8 Å². The molecule has 0 bridgehead atoms. The van der Waals surface area contributed by atoms with Crippen molar-refractivity contribution in [1.29, 1.82) is 0 Å². The van der Waals surface area contributed by atoms with Crippen LogP contribution in [0.15, 0.2) is 48.5 Å². The molecular weight excluding hydrogens is 624 g/mol. The highest BCUT2D eigenvalue weighted by Gasteiger charge is 2.49. The van der Waals surface area contributed by atoms with E-state index in [1.807, 2.05) is 53.4 Å². The molecule has 11 heteroatoms. The van der Waals surface area contributed by atoms with Crippen LogP contribution in [-0.2, 0) is 29.4 Å². The minimum absolute atomic E-state index is 0.0128. The van der Waals surface area contributed by atoms with Crippen molar-refractivity contribution in [3.05, 3.63) is 54.1 Å². The molecule has 0 unspecified atom stereocenters. The standard InChI is InChI=1S/C38H50N4O7/c1-36(2,3)49-35(46)40-23-25(32(43)39-38(17-18-38)27-11-8-7-9-12-27)21-26(24-40)33(44)42(28-13-14-28)29-15-16-31-30(22-29)41(19-10-20-47-6)34(45)37(4,5)48-31/h7-9,11-12,15-16,22,25-26,28H,10,13-14,17-21,23-24H2,1-6H3,(H,39,43)/t25-,26+/m0/s1. The van der Waals surface area contributed by atoms with Crippen LogP contribution in [0.5, 0.6) is 5.75 Å². The van der Waals surface area contributed by atoms with Gasteiger partial charge in [-0.3, -0.25) is 14.4 Å². The number of piperidine rings is 1. The fraction of sp³-hybridized carbons (Fsp3) is 0.579. The molecule has 49 heavy (non-hydrogen) atoms. The van der Waals surface area contributed by atoms with Gasteiger partial charge in [0.1, 0.15) is 11.4 Å². The van der Waals surface area contributed by atoms with Crippen LogP contribution in [0, 0.1) is 11.8 Å². The van der Waals surface area contributed by atoms with Gasteiger partial charge >= 0.3 is 6.09 Å². The third-order valence-corrected chi connectivity index (χ3v) is 9.78. The molecule has 1 saturated heterocycles. The van der Waals surface area contributed by atoms with E-state index >= 15 is 0 Å². The number of ether oxygens (including phenoxy) is 3. The van der Waals surface area contributed by atoms with Crippen molar-refractivity contribution in [3.8, 4) is 5.75 Å². The minimum Gasteiger partial charge on any atom is -0.476 e. The molecule has 0 radical (unpaired) electrons. The van der Waals surface area contributed by atoms with Crippen molar-refractivity contribution in [2.45, 2.75) is 95.9 Å². The van der Waals surface area contributed by atoms with Gasteiger partial charge in [0.15, 0.2) is 5.60 Å². The van der Waals surface area contributed by atoms with E-state index in [9.17, 15) is 19.2 Å². The number of likely N-dealkylation sites (tertiary alicyclic amines) is 1. The summed E-state index contributed by atoms with van der Waals surface area (Å²) in [6.07, 6.45) is 3.78. The minimum atomic E-state index is -1.03. The second-order valence-corrected chi connectivity index (χ2v) is 15.5. The van der Waals surface area contributed by atoms with Crippen LogP contribution in [0.4, 0.5) is 16.2 Å². The second kappa shape index (κ2) is 13.3. The van der Waals surface area contributed by atoms with Gasteiger partial charge in [-0.1, -0.05) is 30.3 Å². The Bertz CT molecular complexity index is 1580. The quantitative estimate of drug-likeness (QED) is 0.336. The Balaban J connectivity index is 1.28. The predicted molar refractivity (Wildman–Crippen MR) is 185 cm³/mol. The van der Waals surface area contributed by atoms with Crippen molar-refractivity contribution < 1.29 is 33.4 Å². The first kappa shape index (κ1) is 34.7. The summed E-state index contributed by atoms with van der Waals surface area (Å²) >= 11 is 0. The topological polar surface area (TPSA) is 118 Å². The number of rotatable bonds is 10. The van der Waals surface area contributed by atoms with Gasteiger partial charge in [0.25, 0.3) is 5.91 Å². The Kier molecular flexibility index (Phi) is 9.43. The molecule has 2 heterocycles. The summed E-state index contributed by atoms with van der Waals surface area (Å²) in [4.78, 5) is 60.6. The van der Waals surface area contributed by atoms with E-state index in [0.717, 1.165) is 31.2 Å². The Morgan fingerprint density at radius 2 is 1.71 bits per heavy atom. The van der Waals surface area contributed by atoms with Crippen LogP contribution in [-0.4, -0.2) is 79.3 Å². The molecule has 1 N–H and O–H groups in total. The third-order valence-electron chi connectivity index (χ3n) is 9.78. The van der Waals surface area contributed by atoms with Gasteiger partial charge in [-0.2, -0.15) is 0 Å². The van der Waals surface area contributed by atoms with E-state index in [-0.39, 0.29) is 36.9 Å². The number of amides is 4. The summed E-state index contributed by atoms with van der Waals surface area (Å²) in [5.74, 6) is -1.11. The smallest absolute Gasteiger partial charge is 0.410 e. The average molecular weight is 675 g/mol. The lowest BCUT2D eigenvalue weighted by molar-refractivity contribution is -0.133. The lowest BCUT2D eigenvalue weighted by atomic mass is 9.87. The molecule has 264 valence electrons. The van der Waals surface area contributed by atoms with Crippen molar-refractivity contribution in [3.63, 3.8) is 0 Å². The van der Waals surface area contributed by atoms with Gasteiger partial charge in [-0.25, -0.2) is 4.79 Å². The number of nitrogens with one attached hydrogen (secondary N) is 1. The Labute approximate surface area is 289 Å². The molecule has 2 aromatic rings. The van der Waals surface area contributed by atoms with Crippen molar-refractivity contribution in [2.75, 3.05) is 43.2 Å². The van der Waals surface area contributed by atoms with E-state index < -0.39 is 34.7 Å². The first-order valence-corrected chi connectivity index (χ1v) is 17.5. The average Bonchev–Trinajstić information content (AvgIpc) is 4.00. The number of nitrogens with zero attached hydrogens (tertiary/aromatic N) is 3. The third kappa shape index (κ3) is 7.56. The van der Waals surface area contributed by atoms with Gasteiger partial charge in [0, 0.05) is 45.1 Å². The SMILES string of the molecule is COCCCN1C(=O)C(C)(C)Oc2ccc(N(C(=O)[C@@H]3C[C@H](C(=O)NC4(c5ccccc5)CC4)CN(C(=O)OC(C)(C)C)C3)C3CC3)cc21. The second-order valence-electron chi connectivity index (χ2n) is 15.5. The zero-order chi connectivity index (χ0) is 35.1. The van der Waals surface area contributed by atoms with Crippen molar-refractivity contribution >= 4 is 35.2 Å². The maximum atomic E-state index is 14.6. The number of carbonyl (C=O) groups excluding carboxylic acids is 4. The van der Waals surface area contributed by atoms with Crippen LogP contribution >= 0.6 is 0 Å². The van der Waals surface area contributed by atoms with Crippen LogP contribution in [0.3, 0.4) is 0 Å². The zero-order valence-electron chi connectivity index (χ0n) is 29.6. The highest BCUT2D eigenvalue weighted by Crippen LogP contribution is 2.46. The molecule has 4 aliphatic rings. The molecule has 2 aliphatic carbocycles. The number of anilines is 2. The van der Waals surface area contributed by atoms with Gasteiger partial charge in [0.05, 0.1) is 23.1 Å². The highest BCUT2D eigenvalue weighted by atomic mass is 16.6. The first-order chi connectivity index (χ1) is 23.2. The van der Waals surface area contributed by atoms with Gasteiger partial charge in [-0.05, 0) is 96.9 Å². The van der Waals surface area contributed by atoms with E-state index in [2.05, 4.69) is 5.32 Å². The molecule has 0 spiro atoms. The number of benzene rings is 2. The molecule has 2 atom stereocenters. The van der Waals surface area contributed by atoms with E-state index in [1.165, 1.54) is 4.90 Å². The van der Waals surface area contributed by atoms with Crippen LogP contribution in [0.2, 0.25) is 0 Å². The monoisotopic (exact) mass is 674 g/mol. The molecular formula is C38H50N4O7. The zero-order valence-corrected chi connectivity index (χ0v) is 29.6. The van der Waals surface area contributed by atoms with E-state index in [1.54, 1.807) is 46.6 Å². The van der Waals surface area contributed by atoms with Gasteiger partial charge < -0.3 is 34.2 Å². The fourth-order valence-electron chi connectivity index (χ4n) is 6.99. The van der Waals surface area contributed by atoms with Crippen LogP contribution in [0.25, 0.3) is 0 Å². The molecule has 0 aromatic heterocycles. The Hall–Kier alpha value is -4.12. The highest BCUT2D eigenvalue weighted by molar-refractivity contribution is 6.04. The van der Waals surface area contributed by atoms with Crippen LogP contribution < -0.4 is 19.9 Å². The molecule has 6 rings (SSSR count). The summed E-state index contributed by atoms with van der Waals surface area (Å²) in [5.41, 5.74) is 0.154. The summed E-state index contributed by atoms with van der Waals surface area (Å²) in [5, 5.41) is 3.28.